The maximum atomic E-state index is 2.63. The molecule has 0 aliphatic carbocycles. The van der Waals surface area contributed by atoms with E-state index in [-0.39, 0.29) is 16.6 Å². The van der Waals surface area contributed by atoms with Gasteiger partial charge in [0.25, 0.3) is 0 Å². The molecule has 0 N–H and O–H groups in total. The van der Waals surface area contributed by atoms with Gasteiger partial charge in [0.2, 0.25) is 0 Å². The Bertz CT molecular complexity index is 162. The fourth-order valence-corrected chi connectivity index (χ4v) is 8.80. The second-order valence-corrected chi connectivity index (χ2v) is 15.8. The quantitative estimate of drug-likeness (QED) is 0.225. The minimum atomic E-state index is 0.0449. The monoisotopic (exact) mass is 312 g/mol. The highest BCUT2D eigenvalue weighted by Gasteiger charge is 2.14. The highest BCUT2D eigenvalue weighted by Crippen LogP contribution is 2.14. The van der Waals surface area contributed by atoms with Crippen LogP contribution in [-0.2, 0) is 0 Å². The minimum absolute atomic E-state index is 0.0449. The zero-order valence-electron chi connectivity index (χ0n) is 14.9. The molecule has 0 spiro atoms. The van der Waals surface area contributed by atoms with Crippen molar-refractivity contribution in [3.05, 3.63) is 0 Å². The van der Waals surface area contributed by atoms with Gasteiger partial charge in [0, 0.05) is 16.6 Å². The van der Waals surface area contributed by atoms with E-state index >= 15 is 0 Å². The Labute approximate surface area is 133 Å². The highest BCUT2D eigenvalue weighted by atomic mass is 29.2. The number of rotatable bonds is 15. The standard InChI is InChI=1S/C18H40Si2/c1-5-7-9-11-13-15-17-19(3)20(4)18-16-14-12-10-8-6-2/h5-18H2,1-4H3. The first kappa shape index (κ1) is 20.4. The van der Waals surface area contributed by atoms with E-state index in [2.05, 4.69) is 26.9 Å². The van der Waals surface area contributed by atoms with E-state index in [9.17, 15) is 0 Å². The summed E-state index contributed by atoms with van der Waals surface area (Å²) < 4.78 is 0. The van der Waals surface area contributed by atoms with Crippen molar-refractivity contribution in [2.24, 2.45) is 0 Å². The molecule has 0 fully saturated rings. The van der Waals surface area contributed by atoms with Crippen molar-refractivity contribution in [2.75, 3.05) is 0 Å². The van der Waals surface area contributed by atoms with Crippen molar-refractivity contribution >= 4 is 16.6 Å². The lowest BCUT2D eigenvalue weighted by atomic mass is 10.1. The van der Waals surface area contributed by atoms with Gasteiger partial charge in [0.15, 0.2) is 0 Å². The third-order valence-electron chi connectivity index (χ3n) is 4.54. The van der Waals surface area contributed by atoms with Crippen LogP contribution in [0.5, 0.6) is 0 Å². The van der Waals surface area contributed by atoms with E-state index in [1.54, 1.807) is 12.1 Å². The third-order valence-corrected chi connectivity index (χ3v) is 14.1. The van der Waals surface area contributed by atoms with Gasteiger partial charge in [-0.15, -0.1) is 0 Å². The molecule has 0 unspecified atom stereocenters. The molecule has 0 bridgehead atoms. The zero-order valence-corrected chi connectivity index (χ0v) is 16.9. The van der Waals surface area contributed by atoms with Gasteiger partial charge in [-0.1, -0.05) is 116 Å². The Morgan fingerprint density at radius 3 is 1.10 bits per heavy atom. The average Bonchev–Trinajstić information content (AvgIpc) is 2.45. The van der Waals surface area contributed by atoms with Crippen LogP contribution in [-0.4, -0.2) is 16.6 Å². The summed E-state index contributed by atoms with van der Waals surface area (Å²) in [6.07, 6.45) is 17.7. The Hall–Kier alpha value is 0.434. The lowest BCUT2D eigenvalue weighted by molar-refractivity contribution is 0.622. The molecule has 2 radical (unpaired) electrons. The van der Waals surface area contributed by atoms with Crippen LogP contribution in [0.1, 0.15) is 90.9 Å². The van der Waals surface area contributed by atoms with E-state index in [1.165, 1.54) is 77.0 Å². The first-order chi connectivity index (χ1) is 9.72. The van der Waals surface area contributed by atoms with Crippen molar-refractivity contribution in [1.82, 2.24) is 0 Å². The van der Waals surface area contributed by atoms with Gasteiger partial charge in [-0.3, -0.25) is 0 Å². The lowest BCUT2D eigenvalue weighted by Gasteiger charge is -2.16. The van der Waals surface area contributed by atoms with Gasteiger partial charge in [0.1, 0.15) is 0 Å². The topological polar surface area (TPSA) is 0 Å². The molecule has 0 aromatic carbocycles. The van der Waals surface area contributed by atoms with Crippen molar-refractivity contribution in [3.63, 3.8) is 0 Å². The second-order valence-electron chi connectivity index (χ2n) is 6.60. The molecule has 0 aromatic rings. The molecule has 0 aliphatic heterocycles. The van der Waals surface area contributed by atoms with Crippen molar-refractivity contribution in [3.8, 4) is 0 Å². The van der Waals surface area contributed by atoms with Gasteiger partial charge in [-0.25, -0.2) is 0 Å². The van der Waals surface area contributed by atoms with Crippen LogP contribution in [0.2, 0.25) is 25.2 Å². The number of unbranched alkanes of at least 4 members (excludes halogenated alkanes) is 10. The van der Waals surface area contributed by atoms with E-state index in [4.69, 9.17) is 0 Å². The number of hydrogen-bond acceptors (Lipinski definition) is 0. The molecule has 2 heteroatoms. The van der Waals surface area contributed by atoms with Crippen molar-refractivity contribution in [2.45, 2.75) is 116 Å². The fourth-order valence-electron chi connectivity index (χ4n) is 2.77. The largest absolute Gasteiger partial charge is 0.0733 e. The first-order valence-corrected chi connectivity index (χ1v) is 14.8. The summed E-state index contributed by atoms with van der Waals surface area (Å²) in [5.74, 6) is 0. The Balaban J connectivity index is 3.35. The molecule has 0 rings (SSSR count). The van der Waals surface area contributed by atoms with E-state index in [1.807, 2.05) is 0 Å². The fraction of sp³-hybridized carbons (Fsp3) is 1.00. The van der Waals surface area contributed by atoms with Crippen LogP contribution < -0.4 is 0 Å². The molecule has 0 saturated carbocycles. The predicted molar refractivity (Wildman–Crippen MR) is 99.6 cm³/mol. The molecule has 0 nitrogen and oxygen atoms in total. The van der Waals surface area contributed by atoms with Crippen molar-refractivity contribution in [1.29, 1.82) is 0 Å². The third kappa shape index (κ3) is 13.4. The van der Waals surface area contributed by atoms with Gasteiger partial charge in [-0.05, 0) is 0 Å². The molecular formula is C18H40Si2. The Morgan fingerprint density at radius 2 is 0.750 bits per heavy atom. The molecule has 0 aromatic heterocycles. The van der Waals surface area contributed by atoms with Crippen LogP contribution in [0, 0.1) is 0 Å². The van der Waals surface area contributed by atoms with Gasteiger partial charge in [-0.2, -0.15) is 0 Å². The molecule has 0 heterocycles. The Kier molecular flexibility index (Phi) is 16.2. The minimum Gasteiger partial charge on any atom is -0.0733 e. The van der Waals surface area contributed by atoms with E-state index < -0.39 is 0 Å². The summed E-state index contributed by atoms with van der Waals surface area (Å²) >= 11 is 0. The van der Waals surface area contributed by atoms with Gasteiger partial charge >= 0.3 is 0 Å². The summed E-state index contributed by atoms with van der Waals surface area (Å²) in [6, 6.07) is 3.22. The van der Waals surface area contributed by atoms with Gasteiger partial charge < -0.3 is 0 Å². The average molecular weight is 313 g/mol. The smallest absolute Gasteiger partial charge is 0.0342 e. The Morgan fingerprint density at radius 1 is 0.450 bits per heavy atom. The van der Waals surface area contributed by atoms with Crippen LogP contribution >= 0.6 is 0 Å². The summed E-state index contributed by atoms with van der Waals surface area (Å²) in [5, 5.41) is 0. The SMILES string of the molecule is CCCCCCCC[Si](C)[Si](C)CCCCCCCC. The molecule has 0 atom stereocenters. The van der Waals surface area contributed by atoms with Crippen molar-refractivity contribution < 1.29 is 0 Å². The number of hydrogen-bond donors (Lipinski definition) is 0. The van der Waals surface area contributed by atoms with Crippen LogP contribution in [0.25, 0.3) is 0 Å². The summed E-state index contributed by atoms with van der Waals surface area (Å²) in [4.78, 5) is 0. The summed E-state index contributed by atoms with van der Waals surface area (Å²) in [7, 11) is 0.0899. The van der Waals surface area contributed by atoms with E-state index in [0.29, 0.717) is 0 Å². The lowest BCUT2D eigenvalue weighted by Crippen LogP contribution is -2.29. The second kappa shape index (κ2) is 15.8. The first-order valence-electron chi connectivity index (χ1n) is 9.37. The maximum Gasteiger partial charge on any atom is 0.0342 e. The van der Waals surface area contributed by atoms with E-state index in [0.717, 1.165) is 0 Å². The molecule has 20 heavy (non-hydrogen) atoms. The normalized spacial score (nSPS) is 11.7. The predicted octanol–water partition coefficient (Wildman–Crippen LogP) is 7.04. The summed E-state index contributed by atoms with van der Waals surface area (Å²) in [6.45, 7) is 9.87. The highest BCUT2D eigenvalue weighted by molar-refractivity contribution is 7.21. The molecule has 0 amide bonds. The molecular weight excluding hydrogens is 272 g/mol. The van der Waals surface area contributed by atoms with Gasteiger partial charge in [0.05, 0.1) is 0 Å². The molecule has 0 saturated heterocycles. The molecule has 0 aliphatic rings. The van der Waals surface area contributed by atoms with Crippen LogP contribution in [0.3, 0.4) is 0 Å². The van der Waals surface area contributed by atoms with Crippen LogP contribution in [0.4, 0.5) is 0 Å². The zero-order chi connectivity index (χ0) is 15.1. The van der Waals surface area contributed by atoms with Crippen LogP contribution in [0.15, 0.2) is 0 Å². The molecule has 120 valence electrons. The summed E-state index contributed by atoms with van der Waals surface area (Å²) in [5.41, 5.74) is 0. The maximum absolute atomic E-state index is 2.63.